The molecule has 0 aromatic heterocycles. The molecule has 0 aliphatic carbocycles. The second kappa shape index (κ2) is 4.67. The summed E-state index contributed by atoms with van der Waals surface area (Å²) in [5.74, 6) is 0.848. The van der Waals surface area contributed by atoms with E-state index in [1.165, 1.54) is 0 Å². The Morgan fingerprint density at radius 2 is 1.87 bits per heavy atom. The molecule has 1 atom stereocenters. The highest BCUT2D eigenvalue weighted by molar-refractivity contribution is 5.33. The van der Waals surface area contributed by atoms with Gasteiger partial charge in [0.25, 0.3) is 0 Å². The Bertz CT molecular complexity index is 313. The molecule has 1 aromatic carbocycles. The third-order valence-corrected chi connectivity index (χ3v) is 2.61. The van der Waals surface area contributed by atoms with Crippen LogP contribution >= 0.6 is 0 Å². The first kappa shape index (κ1) is 12.1. The minimum atomic E-state index is -0.353. The first-order valence-electron chi connectivity index (χ1n) is 5.25. The normalized spacial score (nSPS) is 13.7. The summed E-state index contributed by atoms with van der Waals surface area (Å²) in [6, 6.07) is 7.82. The number of aliphatic hydroxyl groups excluding tert-OH is 1. The van der Waals surface area contributed by atoms with Crippen LogP contribution in [0.3, 0.4) is 0 Å². The average Bonchev–Trinajstić information content (AvgIpc) is 2.17. The van der Waals surface area contributed by atoms with E-state index in [4.69, 9.17) is 4.74 Å². The number of hydrogen-bond acceptors (Lipinski definition) is 2. The number of hydrogen-bond donors (Lipinski definition) is 1. The Balaban J connectivity index is 2.80. The minimum Gasteiger partial charge on any atom is -0.496 e. The van der Waals surface area contributed by atoms with Gasteiger partial charge in [0.05, 0.1) is 13.2 Å². The lowest BCUT2D eigenvalue weighted by molar-refractivity contribution is 0.0631. The molecule has 0 heterocycles. The van der Waals surface area contributed by atoms with Gasteiger partial charge in [-0.2, -0.15) is 0 Å². The fraction of sp³-hybridized carbons (Fsp3) is 0.538. The van der Waals surface area contributed by atoms with Crippen molar-refractivity contribution >= 4 is 0 Å². The summed E-state index contributed by atoms with van der Waals surface area (Å²) >= 11 is 0. The van der Waals surface area contributed by atoms with E-state index >= 15 is 0 Å². The third-order valence-electron chi connectivity index (χ3n) is 2.61. The van der Waals surface area contributed by atoms with Gasteiger partial charge in [0.2, 0.25) is 0 Å². The SMILES string of the molecule is COc1ccccc1CC(O)C(C)(C)C. The first-order chi connectivity index (χ1) is 6.95. The van der Waals surface area contributed by atoms with Crippen LogP contribution in [-0.4, -0.2) is 18.3 Å². The maximum atomic E-state index is 10.0. The summed E-state index contributed by atoms with van der Waals surface area (Å²) in [6.45, 7) is 6.10. The van der Waals surface area contributed by atoms with Gasteiger partial charge in [-0.25, -0.2) is 0 Å². The zero-order valence-corrected chi connectivity index (χ0v) is 9.95. The Hall–Kier alpha value is -1.02. The molecular formula is C13H20O2. The van der Waals surface area contributed by atoms with Crippen LogP contribution in [0, 0.1) is 5.41 Å². The van der Waals surface area contributed by atoms with Crippen molar-refractivity contribution in [3.8, 4) is 5.75 Å². The highest BCUT2D eigenvalue weighted by atomic mass is 16.5. The summed E-state index contributed by atoms with van der Waals surface area (Å²) in [5.41, 5.74) is 0.961. The van der Waals surface area contributed by atoms with Crippen LogP contribution in [-0.2, 0) is 6.42 Å². The van der Waals surface area contributed by atoms with Gasteiger partial charge in [-0.05, 0) is 17.0 Å². The Morgan fingerprint density at radius 3 is 2.40 bits per heavy atom. The molecule has 0 radical (unpaired) electrons. The third kappa shape index (κ3) is 3.24. The highest BCUT2D eigenvalue weighted by Gasteiger charge is 2.23. The highest BCUT2D eigenvalue weighted by Crippen LogP contribution is 2.26. The van der Waals surface area contributed by atoms with Crippen molar-refractivity contribution in [2.45, 2.75) is 33.3 Å². The molecule has 0 saturated heterocycles. The van der Waals surface area contributed by atoms with Crippen LogP contribution in [0.1, 0.15) is 26.3 Å². The van der Waals surface area contributed by atoms with E-state index in [1.807, 2.05) is 45.0 Å². The fourth-order valence-corrected chi connectivity index (χ4v) is 1.39. The summed E-state index contributed by atoms with van der Waals surface area (Å²) in [5, 5.41) is 10.0. The largest absolute Gasteiger partial charge is 0.496 e. The molecule has 1 unspecified atom stereocenters. The molecule has 2 heteroatoms. The van der Waals surface area contributed by atoms with Gasteiger partial charge in [0.1, 0.15) is 5.75 Å². The fourth-order valence-electron chi connectivity index (χ4n) is 1.39. The minimum absolute atomic E-state index is 0.0964. The van der Waals surface area contributed by atoms with Gasteiger partial charge in [-0.3, -0.25) is 0 Å². The van der Waals surface area contributed by atoms with E-state index in [9.17, 15) is 5.11 Å². The number of benzene rings is 1. The van der Waals surface area contributed by atoms with E-state index in [0.717, 1.165) is 11.3 Å². The monoisotopic (exact) mass is 208 g/mol. The quantitative estimate of drug-likeness (QED) is 0.827. The lowest BCUT2D eigenvalue weighted by atomic mass is 9.85. The average molecular weight is 208 g/mol. The molecule has 2 nitrogen and oxygen atoms in total. The van der Waals surface area contributed by atoms with E-state index in [2.05, 4.69) is 0 Å². The molecule has 0 amide bonds. The number of ether oxygens (including phenoxy) is 1. The molecule has 0 spiro atoms. The summed E-state index contributed by atoms with van der Waals surface area (Å²) in [6.07, 6.45) is 0.279. The molecule has 84 valence electrons. The van der Waals surface area contributed by atoms with E-state index in [-0.39, 0.29) is 11.5 Å². The lowest BCUT2D eigenvalue weighted by Gasteiger charge is -2.26. The van der Waals surface area contributed by atoms with Crippen molar-refractivity contribution in [1.82, 2.24) is 0 Å². The Morgan fingerprint density at radius 1 is 1.27 bits per heavy atom. The summed E-state index contributed by atoms with van der Waals surface area (Å²) in [7, 11) is 1.66. The Kier molecular flexibility index (Phi) is 3.75. The van der Waals surface area contributed by atoms with Crippen LogP contribution in [0.4, 0.5) is 0 Å². The predicted octanol–water partition coefficient (Wildman–Crippen LogP) is 2.64. The second-order valence-corrected chi connectivity index (χ2v) is 4.90. The van der Waals surface area contributed by atoms with Crippen molar-refractivity contribution in [1.29, 1.82) is 0 Å². The van der Waals surface area contributed by atoms with Crippen LogP contribution in [0.2, 0.25) is 0 Å². The zero-order valence-electron chi connectivity index (χ0n) is 9.95. The van der Waals surface area contributed by atoms with Crippen LogP contribution in [0.25, 0.3) is 0 Å². The molecule has 0 aliphatic rings. The van der Waals surface area contributed by atoms with Crippen molar-refractivity contribution in [2.75, 3.05) is 7.11 Å². The maximum absolute atomic E-state index is 10.0. The van der Waals surface area contributed by atoms with Gasteiger partial charge < -0.3 is 9.84 Å². The topological polar surface area (TPSA) is 29.5 Å². The van der Waals surface area contributed by atoms with Gasteiger partial charge in [0, 0.05) is 6.42 Å². The van der Waals surface area contributed by atoms with Crippen molar-refractivity contribution in [2.24, 2.45) is 5.41 Å². The molecule has 0 bridgehead atoms. The maximum Gasteiger partial charge on any atom is 0.122 e. The molecule has 0 saturated carbocycles. The number of methoxy groups -OCH3 is 1. The smallest absolute Gasteiger partial charge is 0.122 e. The summed E-state index contributed by atoms with van der Waals surface area (Å²) in [4.78, 5) is 0. The van der Waals surface area contributed by atoms with Crippen molar-refractivity contribution in [3.05, 3.63) is 29.8 Å². The van der Waals surface area contributed by atoms with Gasteiger partial charge in [0.15, 0.2) is 0 Å². The molecular weight excluding hydrogens is 188 g/mol. The van der Waals surface area contributed by atoms with Gasteiger partial charge in [-0.15, -0.1) is 0 Å². The first-order valence-corrected chi connectivity index (χ1v) is 5.25. The van der Waals surface area contributed by atoms with Crippen molar-refractivity contribution < 1.29 is 9.84 Å². The Labute approximate surface area is 91.9 Å². The van der Waals surface area contributed by atoms with Gasteiger partial charge >= 0.3 is 0 Å². The zero-order chi connectivity index (χ0) is 11.5. The number of para-hydroxylation sites is 1. The molecule has 1 rings (SSSR count). The van der Waals surface area contributed by atoms with Crippen LogP contribution in [0.15, 0.2) is 24.3 Å². The lowest BCUT2D eigenvalue weighted by Crippen LogP contribution is -2.28. The summed E-state index contributed by atoms with van der Waals surface area (Å²) < 4.78 is 5.25. The van der Waals surface area contributed by atoms with Crippen LogP contribution in [0.5, 0.6) is 5.75 Å². The molecule has 15 heavy (non-hydrogen) atoms. The molecule has 1 aromatic rings. The van der Waals surface area contributed by atoms with E-state index in [0.29, 0.717) is 6.42 Å². The standard InChI is InChI=1S/C13H20O2/c1-13(2,3)12(14)9-10-7-5-6-8-11(10)15-4/h5-8,12,14H,9H2,1-4H3. The number of rotatable bonds is 3. The molecule has 1 N–H and O–H groups in total. The van der Waals surface area contributed by atoms with Crippen molar-refractivity contribution in [3.63, 3.8) is 0 Å². The van der Waals surface area contributed by atoms with E-state index in [1.54, 1.807) is 7.11 Å². The number of aliphatic hydroxyl groups is 1. The van der Waals surface area contributed by atoms with Gasteiger partial charge in [-0.1, -0.05) is 39.0 Å². The predicted molar refractivity (Wildman–Crippen MR) is 62.2 cm³/mol. The van der Waals surface area contributed by atoms with E-state index < -0.39 is 0 Å². The molecule has 0 aliphatic heterocycles. The second-order valence-electron chi connectivity index (χ2n) is 4.90. The molecule has 0 fully saturated rings. The van der Waals surface area contributed by atoms with Crippen LogP contribution < -0.4 is 4.74 Å².